The fourth-order valence-electron chi connectivity index (χ4n) is 3.67. The highest BCUT2D eigenvalue weighted by Crippen LogP contribution is 2.26. The Balaban J connectivity index is 1.72. The minimum atomic E-state index is 0.779. The summed E-state index contributed by atoms with van der Waals surface area (Å²) in [5.74, 6) is 0.779. The predicted molar refractivity (Wildman–Crippen MR) is 80.1 cm³/mol. The van der Waals surface area contributed by atoms with Crippen molar-refractivity contribution in [2.75, 3.05) is 13.1 Å². The molecule has 0 aliphatic carbocycles. The number of likely N-dealkylation sites (tertiary alicyclic amines) is 1. The second-order valence-corrected chi connectivity index (χ2v) is 6.45. The normalized spacial score (nSPS) is 23.8. The van der Waals surface area contributed by atoms with Crippen molar-refractivity contribution in [3.8, 4) is 0 Å². The highest BCUT2D eigenvalue weighted by Gasteiger charge is 2.26. The van der Waals surface area contributed by atoms with Gasteiger partial charge in [-0.15, -0.1) is 0 Å². The second-order valence-electron chi connectivity index (χ2n) is 6.45. The third-order valence-corrected chi connectivity index (χ3v) is 4.73. The topological polar surface area (TPSA) is 15.3 Å². The van der Waals surface area contributed by atoms with Gasteiger partial charge < -0.3 is 5.32 Å². The van der Waals surface area contributed by atoms with Gasteiger partial charge in [0.05, 0.1) is 0 Å². The van der Waals surface area contributed by atoms with Crippen LogP contribution in [0.25, 0.3) is 0 Å². The quantitative estimate of drug-likeness (QED) is 0.896. The predicted octanol–water partition coefficient (Wildman–Crippen LogP) is 2.95. The molecule has 0 aromatic heterocycles. The Morgan fingerprint density at radius 3 is 3.05 bits per heavy atom. The maximum absolute atomic E-state index is 3.48. The van der Waals surface area contributed by atoms with Gasteiger partial charge in [-0.2, -0.15) is 0 Å². The van der Waals surface area contributed by atoms with Gasteiger partial charge in [0.25, 0.3) is 0 Å². The number of hydrogen-bond acceptors (Lipinski definition) is 2. The first-order valence-corrected chi connectivity index (χ1v) is 7.79. The van der Waals surface area contributed by atoms with Crippen LogP contribution in [0.4, 0.5) is 0 Å². The van der Waals surface area contributed by atoms with Gasteiger partial charge in [-0.3, -0.25) is 4.90 Å². The number of benzene rings is 1. The Morgan fingerprint density at radius 2 is 2.21 bits per heavy atom. The minimum Gasteiger partial charge on any atom is -0.312 e. The molecule has 0 spiro atoms. The summed E-state index contributed by atoms with van der Waals surface area (Å²) in [5, 5.41) is 3.48. The lowest BCUT2D eigenvalue weighted by Crippen LogP contribution is -2.33. The molecule has 0 saturated carbocycles. The van der Waals surface area contributed by atoms with E-state index < -0.39 is 0 Å². The molecule has 2 aliphatic heterocycles. The maximum Gasteiger partial charge on any atom is 0.0236 e. The first-order valence-electron chi connectivity index (χ1n) is 7.79. The molecule has 1 fully saturated rings. The van der Waals surface area contributed by atoms with E-state index in [1.54, 1.807) is 5.56 Å². The zero-order chi connectivity index (χ0) is 13.2. The van der Waals surface area contributed by atoms with Crippen LogP contribution in [-0.2, 0) is 19.5 Å². The highest BCUT2D eigenvalue weighted by atomic mass is 15.2. The molecule has 104 valence electrons. The van der Waals surface area contributed by atoms with Crippen molar-refractivity contribution in [3.05, 3.63) is 34.9 Å². The SMILES string of the molecule is CC(C)C1CCCN1Cc1ccc2c(c1)CNCC2. The van der Waals surface area contributed by atoms with Gasteiger partial charge in [-0.25, -0.2) is 0 Å². The summed E-state index contributed by atoms with van der Waals surface area (Å²) in [6.07, 6.45) is 3.94. The first-order chi connectivity index (χ1) is 9.24. The van der Waals surface area contributed by atoms with Crippen LogP contribution in [-0.4, -0.2) is 24.0 Å². The largest absolute Gasteiger partial charge is 0.312 e. The van der Waals surface area contributed by atoms with Gasteiger partial charge in [0.1, 0.15) is 0 Å². The van der Waals surface area contributed by atoms with Gasteiger partial charge in [-0.05, 0) is 55.0 Å². The molecule has 1 aromatic rings. The number of nitrogens with one attached hydrogen (secondary N) is 1. The molecule has 0 bridgehead atoms. The fraction of sp³-hybridized carbons (Fsp3) is 0.647. The van der Waals surface area contributed by atoms with Gasteiger partial charge in [-0.1, -0.05) is 32.0 Å². The van der Waals surface area contributed by atoms with Crippen LogP contribution in [0.2, 0.25) is 0 Å². The van der Waals surface area contributed by atoms with Crippen LogP contribution < -0.4 is 5.32 Å². The Morgan fingerprint density at radius 1 is 1.32 bits per heavy atom. The van der Waals surface area contributed by atoms with Crippen molar-refractivity contribution in [1.29, 1.82) is 0 Å². The first kappa shape index (κ1) is 13.1. The second kappa shape index (κ2) is 5.64. The monoisotopic (exact) mass is 258 g/mol. The van der Waals surface area contributed by atoms with Crippen LogP contribution in [0.15, 0.2) is 18.2 Å². The number of rotatable bonds is 3. The number of nitrogens with zero attached hydrogens (tertiary/aromatic N) is 1. The summed E-state index contributed by atoms with van der Waals surface area (Å²) < 4.78 is 0. The van der Waals surface area contributed by atoms with Gasteiger partial charge in [0.2, 0.25) is 0 Å². The zero-order valence-electron chi connectivity index (χ0n) is 12.3. The molecule has 1 N–H and O–H groups in total. The molecule has 2 aliphatic rings. The molecule has 1 atom stereocenters. The Kier molecular flexibility index (Phi) is 3.90. The summed E-state index contributed by atoms with van der Waals surface area (Å²) in [6.45, 7) is 9.32. The van der Waals surface area contributed by atoms with E-state index >= 15 is 0 Å². The summed E-state index contributed by atoms with van der Waals surface area (Å²) >= 11 is 0. The van der Waals surface area contributed by atoms with Crippen LogP contribution >= 0.6 is 0 Å². The standard InChI is InChI=1S/C17H26N2/c1-13(2)17-4-3-9-19(17)12-14-5-6-15-7-8-18-11-16(15)10-14/h5-6,10,13,17-18H,3-4,7-9,11-12H2,1-2H3. The third kappa shape index (κ3) is 2.85. The average molecular weight is 258 g/mol. The van der Waals surface area contributed by atoms with Gasteiger partial charge in [0.15, 0.2) is 0 Å². The van der Waals surface area contributed by atoms with Crippen molar-refractivity contribution >= 4 is 0 Å². The smallest absolute Gasteiger partial charge is 0.0236 e. The van der Waals surface area contributed by atoms with E-state index in [2.05, 4.69) is 42.3 Å². The molecular weight excluding hydrogens is 232 g/mol. The van der Waals surface area contributed by atoms with Crippen LogP contribution in [0.3, 0.4) is 0 Å². The van der Waals surface area contributed by atoms with Crippen molar-refractivity contribution in [2.24, 2.45) is 5.92 Å². The fourth-order valence-corrected chi connectivity index (χ4v) is 3.67. The van der Waals surface area contributed by atoms with Crippen LogP contribution in [0.1, 0.15) is 43.4 Å². The Labute approximate surface area is 117 Å². The molecular formula is C17H26N2. The number of fused-ring (bicyclic) bond motifs is 1. The third-order valence-electron chi connectivity index (χ3n) is 4.73. The maximum atomic E-state index is 3.48. The van der Waals surface area contributed by atoms with Crippen LogP contribution in [0, 0.1) is 5.92 Å². The molecule has 1 unspecified atom stereocenters. The molecule has 2 heterocycles. The molecule has 0 amide bonds. The lowest BCUT2D eigenvalue weighted by atomic mass is 9.97. The molecule has 1 saturated heterocycles. The molecule has 2 nitrogen and oxygen atoms in total. The number of hydrogen-bond donors (Lipinski definition) is 1. The summed E-state index contributed by atoms with van der Waals surface area (Å²) in [4.78, 5) is 2.68. The minimum absolute atomic E-state index is 0.779. The molecule has 1 aromatic carbocycles. The molecule has 19 heavy (non-hydrogen) atoms. The summed E-state index contributed by atoms with van der Waals surface area (Å²) in [6, 6.07) is 7.91. The van der Waals surface area contributed by atoms with E-state index in [1.165, 1.54) is 36.9 Å². The molecule has 3 rings (SSSR count). The van der Waals surface area contributed by atoms with Gasteiger partial charge in [0, 0.05) is 19.1 Å². The van der Waals surface area contributed by atoms with E-state index in [9.17, 15) is 0 Å². The lowest BCUT2D eigenvalue weighted by Gasteiger charge is -2.28. The Hall–Kier alpha value is -0.860. The lowest BCUT2D eigenvalue weighted by molar-refractivity contribution is 0.199. The molecule has 2 heteroatoms. The van der Waals surface area contributed by atoms with Crippen LogP contribution in [0.5, 0.6) is 0 Å². The average Bonchev–Trinajstić information content (AvgIpc) is 2.87. The van der Waals surface area contributed by atoms with E-state index in [-0.39, 0.29) is 0 Å². The Bertz CT molecular complexity index is 439. The van der Waals surface area contributed by atoms with E-state index in [0.29, 0.717) is 0 Å². The highest BCUT2D eigenvalue weighted by molar-refractivity contribution is 5.33. The van der Waals surface area contributed by atoms with Gasteiger partial charge >= 0.3 is 0 Å². The summed E-state index contributed by atoms with van der Waals surface area (Å²) in [7, 11) is 0. The van der Waals surface area contributed by atoms with Crippen molar-refractivity contribution in [1.82, 2.24) is 10.2 Å². The van der Waals surface area contributed by atoms with Crippen molar-refractivity contribution in [3.63, 3.8) is 0 Å². The van der Waals surface area contributed by atoms with Crippen molar-refractivity contribution < 1.29 is 0 Å². The zero-order valence-corrected chi connectivity index (χ0v) is 12.3. The summed E-state index contributed by atoms with van der Waals surface area (Å²) in [5.41, 5.74) is 4.56. The van der Waals surface area contributed by atoms with E-state index in [0.717, 1.165) is 31.6 Å². The van der Waals surface area contributed by atoms with E-state index in [4.69, 9.17) is 0 Å². The molecule has 0 radical (unpaired) electrons. The van der Waals surface area contributed by atoms with E-state index in [1.807, 2.05) is 0 Å². The van der Waals surface area contributed by atoms with Crippen molar-refractivity contribution in [2.45, 2.75) is 52.2 Å².